The van der Waals surface area contributed by atoms with Crippen LogP contribution in [0.5, 0.6) is 0 Å². The van der Waals surface area contributed by atoms with Crippen LogP contribution in [0.4, 0.5) is 5.82 Å². The van der Waals surface area contributed by atoms with Crippen LogP contribution in [0, 0.1) is 11.3 Å². The molecule has 0 aliphatic heterocycles. The topological polar surface area (TPSA) is 71.8 Å². The molecule has 0 aromatic carbocycles. The molecule has 14 heavy (non-hydrogen) atoms. The first-order valence-electron chi connectivity index (χ1n) is 4.14. The highest BCUT2D eigenvalue weighted by molar-refractivity contribution is 7.99. The number of hydrogen-bond acceptors (Lipinski definition) is 4. The van der Waals surface area contributed by atoms with Crippen molar-refractivity contribution in [2.24, 2.45) is 7.05 Å². The quantitative estimate of drug-likeness (QED) is 0.736. The van der Waals surface area contributed by atoms with Gasteiger partial charge < -0.3 is 5.73 Å². The van der Waals surface area contributed by atoms with Gasteiger partial charge in [-0.25, -0.2) is 0 Å². The Balaban J connectivity index is 3.42. The lowest BCUT2D eigenvalue weighted by Crippen LogP contribution is -2.22. The summed E-state index contributed by atoms with van der Waals surface area (Å²) in [5.74, 6) is 1.27. The summed E-state index contributed by atoms with van der Waals surface area (Å²) in [6.07, 6.45) is 0. The van der Waals surface area contributed by atoms with Gasteiger partial charge in [-0.3, -0.25) is 9.36 Å². The Morgan fingerprint density at radius 3 is 2.86 bits per heavy atom. The molecule has 0 aliphatic rings. The molecule has 0 saturated carbocycles. The van der Waals surface area contributed by atoms with E-state index < -0.39 is 0 Å². The van der Waals surface area contributed by atoms with Crippen molar-refractivity contribution < 1.29 is 0 Å². The van der Waals surface area contributed by atoms with E-state index in [4.69, 9.17) is 11.0 Å². The summed E-state index contributed by atoms with van der Waals surface area (Å²) in [5.41, 5.74) is 5.52. The number of aromatic nitrogens is 1. The minimum absolute atomic E-state index is 0.137. The maximum absolute atomic E-state index is 11.4. The second-order valence-electron chi connectivity index (χ2n) is 2.72. The van der Waals surface area contributed by atoms with Crippen molar-refractivity contribution in [3.05, 3.63) is 22.0 Å². The standard InChI is InChI=1S/C9H11N3OS/c1-3-14-7-4-6(5-10)9(13)12(2)8(7)11/h4H,3,11H2,1-2H3. The number of hydrogen-bond donors (Lipinski definition) is 1. The Kier molecular flexibility index (Phi) is 3.20. The molecule has 1 aromatic rings. The van der Waals surface area contributed by atoms with Gasteiger partial charge in [-0.2, -0.15) is 5.26 Å². The van der Waals surface area contributed by atoms with Gasteiger partial charge >= 0.3 is 0 Å². The Hall–Kier alpha value is -1.41. The van der Waals surface area contributed by atoms with E-state index in [1.165, 1.54) is 16.3 Å². The van der Waals surface area contributed by atoms with E-state index in [9.17, 15) is 4.79 Å². The SMILES string of the molecule is CCSc1cc(C#N)c(=O)n(C)c1N. The summed E-state index contributed by atoms with van der Waals surface area (Å²) in [5, 5.41) is 8.71. The van der Waals surface area contributed by atoms with Crippen molar-refractivity contribution in [2.75, 3.05) is 11.5 Å². The van der Waals surface area contributed by atoms with Crippen LogP contribution < -0.4 is 11.3 Å². The molecule has 0 aliphatic carbocycles. The number of nitrogens with zero attached hydrogens (tertiary/aromatic N) is 2. The molecule has 1 heterocycles. The maximum atomic E-state index is 11.4. The van der Waals surface area contributed by atoms with Crippen LogP contribution in [0.2, 0.25) is 0 Å². The number of anilines is 1. The molecule has 1 aromatic heterocycles. The van der Waals surface area contributed by atoms with E-state index in [0.717, 1.165) is 10.6 Å². The third-order valence-corrected chi connectivity index (χ3v) is 2.77. The molecule has 5 heteroatoms. The Morgan fingerprint density at radius 1 is 1.71 bits per heavy atom. The molecule has 0 atom stereocenters. The zero-order valence-corrected chi connectivity index (χ0v) is 8.89. The number of rotatable bonds is 2. The van der Waals surface area contributed by atoms with Crippen LogP contribution in [0.25, 0.3) is 0 Å². The highest BCUT2D eigenvalue weighted by Crippen LogP contribution is 2.23. The summed E-state index contributed by atoms with van der Waals surface area (Å²) in [6, 6.07) is 3.41. The highest BCUT2D eigenvalue weighted by Gasteiger charge is 2.09. The lowest BCUT2D eigenvalue weighted by atomic mass is 10.3. The monoisotopic (exact) mass is 209 g/mol. The Labute approximate surface area is 86.3 Å². The Morgan fingerprint density at radius 2 is 2.36 bits per heavy atom. The summed E-state index contributed by atoms with van der Waals surface area (Å²) in [7, 11) is 1.57. The molecule has 0 fully saturated rings. The highest BCUT2D eigenvalue weighted by atomic mass is 32.2. The first kappa shape index (κ1) is 10.7. The first-order valence-corrected chi connectivity index (χ1v) is 5.12. The van der Waals surface area contributed by atoms with E-state index in [2.05, 4.69) is 0 Å². The summed E-state index contributed by atoms with van der Waals surface area (Å²) in [4.78, 5) is 12.2. The van der Waals surface area contributed by atoms with Crippen molar-refractivity contribution >= 4 is 17.6 Å². The fourth-order valence-electron chi connectivity index (χ4n) is 1.07. The lowest BCUT2D eigenvalue weighted by Gasteiger charge is -2.08. The minimum Gasteiger partial charge on any atom is -0.384 e. The van der Waals surface area contributed by atoms with Gasteiger partial charge in [-0.1, -0.05) is 6.92 Å². The number of nitrogens with two attached hydrogens (primary N) is 1. The molecule has 74 valence electrons. The van der Waals surface area contributed by atoms with Crippen LogP contribution in [0.1, 0.15) is 12.5 Å². The van der Waals surface area contributed by atoms with Crippen LogP contribution in [-0.2, 0) is 7.05 Å². The van der Waals surface area contributed by atoms with E-state index in [0.29, 0.717) is 5.82 Å². The Bertz CT molecular complexity index is 445. The van der Waals surface area contributed by atoms with E-state index in [1.54, 1.807) is 13.1 Å². The molecule has 0 amide bonds. The average Bonchev–Trinajstić information content (AvgIpc) is 2.19. The molecule has 0 bridgehead atoms. The van der Waals surface area contributed by atoms with Crippen LogP contribution in [0.3, 0.4) is 0 Å². The molecule has 0 spiro atoms. The predicted molar refractivity (Wildman–Crippen MR) is 57.2 cm³/mol. The van der Waals surface area contributed by atoms with Crippen LogP contribution >= 0.6 is 11.8 Å². The van der Waals surface area contributed by atoms with Crippen molar-refractivity contribution in [1.82, 2.24) is 4.57 Å². The van der Waals surface area contributed by atoms with Gasteiger partial charge in [-0.05, 0) is 11.8 Å². The van der Waals surface area contributed by atoms with Gasteiger partial charge in [-0.15, -0.1) is 11.8 Å². The lowest BCUT2D eigenvalue weighted by molar-refractivity contribution is 0.852. The van der Waals surface area contributed by atoms with Gasteiger partial charge in [0.1, 0.15) is 17.5 Å². The second-order valence-corrected chi connectivity index (χ2v) is 4.02. The number of pyridine rings is 1. The summed E-state index contributed by atoms with van der Waals surface area (Å²) < 4.78 is 1.30. The van der Waals surface area contributed by atoms with E-state index in [-0.39, 0.29) is 11.1 Å². The molecular formula is C9H11N3OS. The number of nitrogen functional groups attached to an aromatic ring is 1. The normalized spacial score (nSPS) is 9.79. The largest absolute Gasteiger partial charge is 0.384 e. The predicted octanol–water partition coefficient (Wildman–Crippen LogP) is 0.951. The number of nitriles is 1. The van der Waals surface area contributed by atoms with Gasteiger partial charge in [0.15, 0.2) is 0 Å². The second kappa shape index (κ2) is 4.20. The van der Waals surface area contributed by atoms with Gasteiger partial charge in [0.2, 0.25) is 0 Å². The fraction of sp³-hybridized carbons (Fsp3) is 0.333. The first-order chi connectivity index (χ1) is 6.61. The molecular weight excluding hydrogens is 198 g/mol. The average molecular weight is 209 g/mol. The molecule has 4 nitrogen and oxygen atoms in total. The smallest absolute Gasteiger partial charge is 0.269 e. The fourth-order valence-corrected chi connectivity index (χ4v) is 1.87. The zero-order chi connectivity index (χ0) is 10.7. The summed E-state index contributed by atoms with van der Waals surface area (Å²) in [6.45, 7) is 1.99. The third kappa shape index (κ3) is 1.75. The van der Waals surface area contributed by atoms with Gasteiger partial charge in [0, 0.05) is 11.9 Å². The molecule has 0 radical (unpaired) electrons. The van der Waals surface area contributed by atoms with Crippen molar-refractivity contribution in [3.8, 4) is 6.07 Å². The van der Waals surface area contributed by atoms with E-state index >= 15 is 0 Å². The molecule has 2 N–H and O–H groups in total. The van der Waals surface area contributed by atoms with Gasteiger partial charge in [0.05, 0.1) is 0 Å². The van der Waals surface area contributed by atoms with Crippen molar-refractivity contribution in [2.45, 2.75) is 11.8 Å². The van der Waals surface area contributed by atoms with Crippen LogP contribution in [-0.4, -0.2) is 10.3 Å². The van der Waals surface area contributed by atoms with E-state index in [1.807, 2.05) is 13.0 Å². The zero-order valence-electron chi connectivity index (χ0n) is 8.07. The molecule has 0 saturated heterocycles. The van der Waals surface area contributed by atoms with Crippen LogP contribution in [0.15, 0.2) is 15.8 Å². The van der Waals surface area contributed by atoms with Crippen molar-refractivity contribution in [3.63, 3.8) is 0 Å². The number of thioether (sulfide) groups is 1. The van der Waals surface area contributed by atoms with Crippen molar-refractivity contribution in [1.29, 1.82) is 5.26 Å². The molecule has 0 unspecified atom stereocenters. The third-order valence-electron chi connectivity index (χ3n) is 1.84. The van der Waals surface area contributed by atoms with Gasteiger partial charge in [0.25, 0.3) is 5.56 Å². The maximum Gasteiger partial charge on any atom is 0.269 e. The minimum atomic E-state index is -0.342. The molecule has 1 rings (SSSR count). The summed E-state index contributed by atoms with van der Waals surface area (Å²) >= 11 is 1.52.